The molecule has 0 N–H and O–H groups in total. The van der Waals surface area contributed by atoms with E-state index in [0.29, 0.717) is 0 Å². The molecule has 7 aromatic rings. The Bertz CT molecular complexity index is 2270. The van der Waals surface area contributed by atoms with Crippen molar-refractivity contribution in [3.05, 3.63) is 162 Å². The Balaban J connectivity index is 1.09. The van der Waals surface area contributed by atoms with Crippen molar-refractivity contribution in [3.63, 3.8) is 0 Å². The molecule has 2 aliphatic rings. The van der Waals surface area contributed by atoms with E-state index in [1.54, 1.807) is 0 Å². The van der Waals surface area contributed by atoms with Crippen molar-refractivity contribution in [3.8, 4) is 33.6 Å². The summed E-state index contributed by atoms with van der Waals surface area (Å²) in [7, 11) is 0. The first-order valence-electron chi connectivity index (χ1n) is 16.2. The normalized spacial score (nSPS) is 14.0. The first-order chi connectivity index (χ1) is 22.3. The van der Waals surface area contributed by atoms with Crippen molar-refractivity contribution in [2.24, 2.45) is 0 Å². The lowest BCUT2D eigenvalue weighted by Crippen LogP contribution is -2.01. The van der Waals surface area contributed by atoms with Crippen molar-refractivity contribution in [1.29, 1.82) is 0 Å². The number of nitrogens with zero attached hydrogens (tertiary/aromatic N) is 2. The Labute approximate surface area is 264 Å². The molecule has 2 aromatic heterocycles. The maximum Gasteiger partial charge on any atom is 0.0537 e. The van der Waals surface area contributed by atoms with E-state index in [1.165, 1.54) is 77.9 Å². The zero-order chi connectivity index (χ0) is 29.7. The average Bonchev–Trinajstić information content (AvgIpc) is 3.49. The van der Waals surface area contributed by atoms with E-state index in [2.05, 4.69) is 155 Å². The molecule has 2 nitrogen and oxygen atoms in total. The molecule has 0 aliphatic heterocycles. The minimum absolute atomic E-state index is 0.975. The SMILES string of the molecule is C1=Cc2c(c3ccccc3n2-c2ccc(-c3ccccc3-c3ccc(-n4c5c(c6ccccc64)CCC=CC5)cc3)cc2)CC1. The number of hydrogen-bond donors (Lipinski definition) is 0. The van der Waals surface area contributed by atoms with Gasteiger partial charge in [0, 0.05) is 40.0 Å². The Hall–Kier alpha value is -5.34. The fourth-order valence-corrected chi connectivity index (χ4v) is 7.72. The molecule has 0 unspecified atom stereocenters. The van der Waals surface area contributed by atoms with Gasteiger partial charge in [0.05, 0.1) is 11.0 Å². The highest BCUT2D eigenvalue weighted by molar-refractivity contribution is 5.91. The Morgan fingerprint density at radius 2 is 0.978 bits per heavy atom. The molecule has 2 heterocycles. The van der Waals surface area contributed by atoms with Gasteiger partial charge in [0.1, 0.15) is 0 Å². The molecular formula is C43H34N2. The van der Waals surface area contributed by atoms with E-state index in [1.807, 2.05) is 0 Å². The summed E-state index contributed by atoms with van der Waals surface area (Å²) in [5.74, 6) is 0. The molecule has 5 aromatic carbocycles. The maximum absolute atomic E-state index is 2.48. The summed E-state index contributed by atoms with van der Waals surface area (Å²) in [4.78, 5) is 0. The lowest BCUT2D eigenvalue weighted by atomic mass is 9.94. The number of fused-ring (bicyclic) bond motifs is 6. The third kappa shape index (κ3) is 4.24. The molecule has 45 heavy (non-hydrogen) atoms. The number of benzene rings is 5. The predicted octanol–water partition coefficient (Wildman–Crippen LogP) is 10.9. The molecule has 0 radical (unpaired) electrons. The van der Waals surface area contributed by atoms with E-state index >= 15 is 0 Å². The molecule has 9 rings (SSSR count). The topological polar surface area (TPSA) is 9.86 Å². The molecule has 0 fully saturated rings. The number of allylic oxidation sites excluding steroid dienone is 3. The van der Waals surface area contributed by atoms with Crippen LogP contribution in [0.2, 0.25) is 0 Å². The van der Waals surface area contributed by atoms with Crippen LogP contribution in [0.15, 0.2) is 140 Å². The van der Waals surface area contributed by atoms with Crippen LogP contribution in [0.25, 0.3) is 61.5 Å². The minimum Gasteiger partial charge on any atom is -0.313 e. The van der Waals surface area contributed by atoms with Gasteiger partial charge in [-0.1, -0.05) is 103 Å². The van der Waals surface area contributed by atoms with E-state index < -0.39 is 0 Å². The third-order valence-corrected chi connectivity index (χ3v) is 9.78. The highest BCUT2D eigenvalue weighted by Gasteiger charge is 2.20. The van der Waals surface area contributed by atoms with Gasteiger partial charge < -0.3 is 9.13 Å². The second-order valence-corrected chi connectivity index (χ2v) is 12.3. The lowest BCUT2D eigenvalue weighted by molar-refractivity contribution is 0.959. The Morgan fingerprint density at radius 1 is 0.444 bits per heavy atom. The van der Waals surface area contributed by atoms with Crippen LogP contribution in [0.4, 0.5) is 0 Å². The molecule has 2 heteroatoms. The Morgan fingerprint density at radius 3 is 1.67 bits per heavy atom. The highest BCUT2D eigenvalue weighted by Crippen LogP contribution is 2.37. The third-order valence-electron chi connectivity index (χ3n) is 9.78. The van der Waals surface area contributed by atoms with Crippen molar-refractivity contribution in [2.45, 2.75) is 32.1 Å². The fourth-order valence-electron chi connectivity index (χ4n) is 7.72. The standard InChI is InChI=1S/C43H34N2/c1-2-14-36-37-15-6-9-19-41(37)44(40(36)18-3-1)32-26-22-30(23-27-32)34-12-4-5-13-35(34)31-24-28-33(29-25-31)45-42-20-10-7-16-38(42)39-17-8-11-21-43(39)45/h1,3-7,9-13,15-16,19-29H,2,8,14,17-18H2. The summed E-state index contributed by atoms with van der Waals surface area (Å²) in [6.07, 6.45) is 14.7. The zero-order valence-corrected chi connectivity index (χ0v) is 25.3. The summed E-state index contributed by atoms with van der Waals surface area (Å²) in [6, 6.07) is 44.8. The molecule has 0 saturated heterocycles. The maximum atomic E-state index is 2.48. The molecule has 2 aliphatic carbocycles. The number of rotatable bonds is 4. The van der Waals surface area contributed by atoms with E-state index in [4.69, 9.17) is 0 Å². The summed E-state index contributed by atoms with van der Waals surface area (Å²) < 4.78 is 4.91. The van der Waals surface area contributed by atoms with Gasteiger partial charge in [0.25, 0.3) is 0 Å². The summed E-state index contributed by atoms with van der Waals surface area (Å²) in [5, 5.41) is 2.76. The second kappa shape index (κ2) is 10.7. The first kappa shape index (κ1) is 26.1. The molecule has 0 saturated carbocycles. The van der Waals surface area contributed by atoms with Gasteiger partial charge in [-0.15, -0.1) is 0 Å². The number of hydrogen-bond acceptors (Lipinski definition) is 0. The van der Waals surface area contributed by atoms with Crippen molar-refractivity contribution in [1.82, 2.24) is 9.13 Å². The van der Waals surface area contributed by atoms with Crippen LogP contribution in [0, 0.1) is 0 Å². The van der Waals surface area contributed by atoms with Gasteiger partial charge in [0.15, 0.2) is 0 Å². The van der Waals surface area contributed by atoms with Crippen molar-refractivity contribution < 1.29 is 0 Å². The van der Waals surface area contributed by atoms with Gasteiger partial charge >= 0.3 is 0 Å². The number of para-hydroxylation sites is 2. The van der Waals surface area contributed by atoms with Crippen LogP contribution in [-0.4, -0.2) is 9.13 Å². The van der Waals surface area contributed by atoms with Gasteiger partial charge in [-0.2, -0.15) is 0 Å². The monoisotopic (exact) mass is 578 g/mol. The first-order valence-corrected chi connectivity index (χ1v) is 16.2. The van der Waals surface area contributed by atoms with Crippen molar-refractivity contribution >= 4 is 27.9 Å². The van der Waals surface area contributed by atoms with E-state index in [-0.39, 0.29) is 0 Å². The summed E-state index contributed by atoms with van der Waals surface area (Å²) >= 11 is 0. The van der Waals surface area contributed by atoms with Crippen LogP contribution in [0.3, 0.4) is 0 Å². The Kier molecular flexibility index (Phi) is 6.19. The zero-order valence-electron chi connectivity index (χ0n) is 25.3. The average molecular weight is 579 g/mol. The fraction of sp³-hybridized carbons (Fsp3) is 0.116. The predicted molar refractivity (Wildman–Crippen MR) is 189 cm³/mol. The van der Waals surface area contributed by atoms with Gasteiger partial charge in [-0.25, -0.2) is 0 Å². The van der Waals surface area contributed by atoms with Crippen LogP contribution in [-0.2, 0) is 19.3 Å². The highest BCUT2D eigenvalue weighted by atomic mass is 15.0. The lowest BCUT2D eigenvalue weighted by Gasteiger charge is -2.15. The number of aromatic nitrogens is 2. The molecule has 0 bridgehead atoms. The van der Waals surface area contributed by atoms with E-state index in [0.717, 1.165) is 32.1 Å². The molecule has 216 valence electrons. The van der Waals surface area contributed by atoms with Gasteiger partial charge in [-0.05, 0) is 102 Å². The largest absolute Gasteiger partial charge is 0.313 e. The smallest absolute Gasteiger partial charge is 0.0537 e. The van der Waals surface area contributed by atoms with Crippen molar-refractivity contribution in [2.75, 3.05) is 0 Å². The number of aryl methyl sites for hydroxylation is 2. The second-order valence-electron chi connectivity index (χ2n) is 12.3. The quantitative estimate of drug-likeness (QED) is 0.184. The van der Waals surface area contributed by atoms with Crippen LogP contribution >= 0.6 is 0 Å². The van der Waals surface area contributed by atoms with Gasteiger partial charge in [0.2, 0.25) is 0 Å². The summed E-state index contributed by atoms with van der Waals surface area (Å²) in [5.41, 5.74) is 15.7. The molecule has 0 amide bonds. The van der Waals surface area contributed by atoms with Crippen LogP contribution in [0.5, 0.6) is 0 Å². The van der Waals surface area contributed by atoms with E-state index in [9.17, 15) is 0 Å². The van der Waals surface area contributed by atoms with Crippen LogP contribution in [0.1, 0.15) is 35.4 Å². The minimum atomic E-state index is 0.975. The van der Waals surface area contributed by atoms with Gasteiger partial charge in [-0.3, -0.25) is 0 Å². The molecule has 0 spiro atoms. The molecular weight excluding hydrogens is 544 g/mol. The van der Waals surface area contributed by atoms with Crippen LogP contribution < -0.4 is 0 Å². The summed E-state index contributed by atoms with van der Waals surface area (Å²) in [6.45, 7) is 0. The molecule has 0 atom stereocenters.